The average molecular weight is 365 g/mol. The van der Waals surface area contributed by atoms with E-state index in [2.05, 4.69) is 5.32 Å². The first-order chi connectivity index (χ1) is 13.2. The number of carbonyl (C=O) groups excluding carboxylic acids is 1. The Bertz CT molecular complexity index is 779. The first kappa shape index (κ1) is 18.9. The van der Waals surface area contributed by atoms with Gasteiger partial charge in [0, 0.05) is 0 Å². The zero-order valence-corrected chi connectivity index (χ0v) is 15.1. The van der Waals surface area contributed by atoms with Crippen molar-refractivity contribution in [2.24, 2.45) is 0 Å². The molecule has 2 atom stereocenters. The van der Waals surface area contributed by atoms with Crippen molar-refractivity contribution in [1.29, 1.82) is 0 Å². The molecule has 2 N–H and O–H groups in total. The van der Waals surface area contributed by atoms with Gasteiger partial charge in [-0.05, 0) is 30.2 Å². The number of aliphatic hydroxyl groups excluding tert-OH is 1. The second-order valence-electron chi connectivity index (χ2n) is 6.11. The summed E-state index contributed by atoms with van der Waals surface area (Å²) in [5, 5.41) is 14.0. The minimum absolute atomic E-state index is 0.225. The molecule has 5 heteroatoms. The number of carbonyl (C=O) groups is 1. The molecule has 140 valence electrons. The molecule has 0 radical (unpaired) electrons. The predicted molar refractivity (Wildman–Crippen MR) is 102 cm³/mol. The molecule has 5 nitrogen and oxygen atoms in total. The summed E-state index contributed by atoms with van der Waals surface area (Å²) in [6.45, 7) is 1.96. The van der Waals surface area contributed by atoms with E-state index in [1.807, 2.05) is 60.7 Å². The second-order valence-corrected chi connectivity index (χ2v) is 6.11. The van der Waals surface area contributed by atoms with Gasteiger partial charge in [0.2, 0.25) is 0 Å². The first-order valence-electron chi connectivity index (χ1n) is 8.94. The van der Waals surface area contributed by atoms with Crippen LogP contribution in [0.4, 0.5) is 0 Å². The van der Waals surface area contributed by atoms with Crippen molar-refractivity contribution < 1.29 is 19.1 Å². The van der Waals surface area contributed by atoms with Crippen molar-refractivity contribution in [3.05, 3.63) is 95.9 Å². The highest BCUT2D eigenvalue weighted by Gasteiger charge is 2.33. The van der Waals surface area contributed by atoms with E-state index in [0.29, 0.717) is 5.76 Å². The third kappa shape index (κ3) is 4.64. The minimum Gasteiger partial charge on any atom is -0.467 e. The Balaban J connectivity index is 1.95. The molecule has 0 saturated carbocycles. The summed E-state index contributed by atoms with van der Waals surface area (Å²) in [7, 11) is 0. The number of nitrogens with one attached hydrogen (secondary N) is 1. The lowest BCUT2D eigenvalue weighted by molar-refractivity contribution is -0.149. The number of furan rings is 1. The molecule has 3 aromatic rings. The highest BCUT2D eigenvalue weighted by Crippen LogP contribution is 2.26. The summed E-state index contributed by atoms with van der Waals surface area (Å²) in [5.74, 6) is -0.223. The van der Waals surface area contributed by atoms with E-state index in [9.17, 15) is 9.90 Å². The monoisotopic (exact) mass is 365 g/mol. The number of hydrogen-bond donors (Lipinski definition) is 2. The molecule has 0 unspecified atom stereocenters. The van der Waals surface area contributed by atoms with Crippen LogP contribution in [0, 0.1) is 0 Å². The average Bonchev–Trinajstić information content (AvgIpc) is 3.25. The molecular formula is C22H23NO4. The summed E-state index contributed by atoms with van der Waals surface area (Å²) in [6.07, 6.45) is 0.293. The van der Waals surface area contributed by atoms with Crippen LogP contribution in [-0.2, 0) is 9.53 Å². The molecule has 0 aliphatic carbocycles. The summed E-state index contributed by atoms with van der Waals surface area (Å²) in [4.78, 5) is 12.6. The van der Waals surface area contributed by atoms with Crippen LogP contribution in [0.5, 0.6) is 0 Å². The van der Waals surface area contributed by atoms with Crippen LogP contribution in [0.15, 0.2) is 83.5 Å². The van der Waals surface area contributed by atoms with Crippen molar-refractivity contribution in [2.45, 2.75) is 25.1 Å². The van der Waals surface area contributed by atoms with Crippen molar-refractivity contribution >= 4 is 5.97 Å². The largest absolute Gasteiger partial charge is 0.467 e. The van der Waals surface area contributed by atoms with E-state index < -0.39 is 18.1 Å². The third-order valence-electron chi connectivity index (χ3n) is 4.30. The molecule has 0 aliphatic heterocycles. The Morgan fingerprint density at radius 2 is 1.59 bits per heavy atom. The van der Waals surface area contributed by atoms with Crippen LogP contribution in [0.1, 0.15) is 36.0 Å². The molecule has 27 heavy (non-hydrogen) atoms. The van der Waals surface area contributed by atoms with Crippen LogP contribution < -0.4 is 5.32 Å². The maximum atomic E-state index is 12.6. The number of rotatable bonds is 8. The number of hydrogen-bond acceptors (Lipinski definition) is 5. The van der Waals surface area contributed by atoms with Crippen LogP contribution in [0.2, 0.25) is 0 Å². The lowest BCUT2D eigenvalue weighted by Gasteiger charge is -2.27. The van der Waals surface area contributed by atoms with Crippen LogP contribution in [-0.4, -0.2) is 23.7 Å². The predicted octanol–water partition coefficient (Wildman–Crippen LogP) is 3.62. The molecule has 0 fully saturated rings. The number of ether oxygens (including phenoxy) is 1. The maximum Gasteiger partial charge on any atom is 0.326 e. The van der Waals surface area contributed by atoms with Crippen molar-refractivity contribution in [3.8, 4) is 0 Å². The maximum absolute atomic E-state index is 12.6. The molecule has 0 bridgehead atoms. The number of esters is 1. The van der Waals surface area contributed by atoms with Crippen molar-refractivity contribution in [1.82, 2.24) is 5.32 Å². The van der Waals surface area contributed by atoms with Gasteiger partial charge in [0.1, 0.15) is 17.9 Å². The Labute approximate surface area is 158 Å². The summed E-state index contributed by atoms with van der Waals surface area (Å²) in [5.41, 5.74) is 1.95. The smallest absolute Gasteiger partial charge is 0.326 e. The standard InChI is InChI=1S/C22H23NO4/c1-2-26-22(25)20(21(24)18-14-9-15-27-18)23-19(16-10-5-3-6-11-16)17-12-7-4-8-13-17/h3-15,19-21,23-24H,2H2,1H3/t20-,21+/m0/s1. The zero-order chi connectivity index (χ0) is 19.1. The highest BCUT2D eigenvalue weighted by atomic mass is 16.5. The Hall–Kier alpha value is -2.89. The summed E-state index contributed by atoms with van der Waals surface area (Å²) in [6, 6.07) is 21.6. The van der Waals surface area contributed by atoms with E-state index in [0.717, 1.165) is 11.1 Å². The normalized spacial score (nSPS) is 13.3. The third-order valence-corrected chi connectivity index (χ3v) is 4.30. The quantitative estimate of drug-likeness (QED) is 0.597. The van der Waals surface area contributed by atoms with Gasteiger partial charge in [0.25, 0.3) is 0 Å². The Morgan fingerprint density at radius 3 is 2.07 bits per heavy atom. The molecule has 3 rings (SSSR count). The fourth-order valence-corrected chi connectivity index (χ4v) is 3.00. The Morgan fingerprint density at radius 1 is 1.00 bits per heavy atom. The van der Waals surface area contributed by atoms with E-state index in [-0.39, 0.29) is 12.6 Å². The van der Waals surface area contributed by atoms with Gasteiger partial charge >= 0.3 is 5.97 Å². The summed E-state index contributed by atoms with van der Waals surface area (Å²) < 4.78 is 10.5. The van der Waals surface area contributed by atoms with Gasteiger partial charge < -0.3 is 14.3 Å². The molecule has 1 aromatic heterocycles. The molecular weight excluding hydrogens is 342 g/mol. The van der Waals surface area contributed by atoms with Crippen LogP contribution in [0.25, 0.3) is 0 Å². The van der Waals surface area contributed by atoms with Gasteiger partial charge in [0.05, 0.1) is 18.9 Å². The van der Waals surface area contributed by atoms with Gasteiger partial charge in [-0.15, -0.1) is 0 Å². The fraction of sp³-hybridized carbons (Fsp3) is 0.227. The molecule has 0 spiro atoms. The molecule has 0 aliphatic rings. The second kappa shape index (κ2) is 9.16. The lowest BCUT2D eigenvalue weighted by atomic mass is 9.96. The van der Waals surface area contributed by atoms with Crippen LogP contribution in [0.3, 0.4) is 0 Å². The molecule has 1 heterocycles. The Kier molecular flexibility index (Phi) is 6.41. The molecule has 0 amide bonds. The van der Waals surface area contributed by atoms with E-state index in [1.165, 1.54) is 6.26 Å². The first-order valence-corrected chi connectivity index (χ1v) is 8.94. The number of benzene rings is 2. The van der Waals surface area contributed by atoms with E-state index in [4.69, 9.17) is 9.15 Å². The van der Waals surface area contributed by atoms with Crippen molar-refractivity contribution in [2.75, 3.05) is 6.61 Å². The topological polar surface area (TPSA) is 71.7 Å². The lowest BCUT2D eigenvalue weighted by Crippen LogP contribution is -2.45. The summed E-state index contributed by atoms with van der Waals surface area (Å²) >= 11 is 0. The van der Waals surface area contributed by atoms with Crippen molar-refractivity contribution in [3.63, 3.8) is 0 Å². The van der Waals surface area contributed by atoms with Gasteiger partial charge in [-0.1, -0.05) is 60.7 Å². The number of aliphatic hydroxyl groups is 1. The van der Waals surface area contributed by atoms with Gasteiger partial charge in [0.15, 0.2) is 0 Å². The van der Waals surface area contributed by atoms with Crippen LogP contribution >= 0.6 is 0 Å². The van der Waals surface area contributed by atoms with Gasteiger partial charge in [-0.25, -0.2) is 0 Å². The zero-order valence-electron chi connectivity index (χ0n) is 15.1. The highest BCUT2D eigenvalue weighted by molar-refractivity contribution is 5.77. The van der Waals surface area contributed by atoms with Gasteiger partial charge in [-0.2, -0.15) is 0 Å². The molecule has 0 saturated heterocycles. The SMILES string of the molecule is CCOC(=O)[C@@H](NC(c1ccccc1)c1ccccc1)[C@H](O)c1ccco1. The fourth-order valence-electron chi connectivity index (χ4n) is 3.00. The van der Waals surface area contributed by atoms with Gasteiger partial charge in [-0.3, -0.25) is 10.1 Å². The van der Waals surface area contributed by atoms with E-state index >= 15 is 0 Å². The minimum atomic E-state index is -1.17. The van der Waals surface area contributed by atoms with E-state index in [1.54, 1.807) is 19.1 Å². The molecule has 2 aromatic carbocycles.